The molecule has 1 aliphatic rings. The quantitative estimate of drug-likeness (QED) is 0.759. The van der Waals surface area contributed by atoms with Crippen molar-refractivity contribution in [3.63, 3.8) is 0 Å². The fourth-order valence-corrected chi connectivity index (χ4v) is 4.94. The number of hydrogen-bond acceptors (Lipinski definition) is 5. The van der Waals surface area contributed by atoms with Gasteiger partial charge >= 0.3 is 0 Å². The number of sulfone groups is 1. The summed E-state index contributed by atoms with van der Waals surface area (Å²) in [6.07, 6.45) is 0.856. The lowest BCUT2D eigenvalue weighted by Gasteiger charge is -2.31. The van der Waals surface area contributed by atoms with E-state index in [0.717, 1.165) is 0 Å². The van der Waals surface area contributed by atoms with Crippen LogP contribution in [-0.4, -0.2) is 51.3 Å². The van der Waals surface area contributed by atoms with Crippen molar-refractivity contribution >= 4 is 15.7 Å². The Labute approximate surface area is 159 Å². The number of benzene rings is 2. The Morgan fingerprint density at radius 3 is 2.22 bits per heavy atom. The summed E-state index contributed by atoms with van der Waals surface area (Å²) < 4.78 is 36.2. The van der Waals surface area contributed by atoms with E-state index in [9.17, 15) is 13.2 Å². The maximum atomic E-state index is 12.7. The van der Waals surface area contributed by atoms with Crippen LogP contribution in [0.2, 0.25) is 0 Å². The minimum atomic E-state index is -3.36. The van der Waals surface area contributed by atoms with Gasteiger partial charge in [-0.1, -0.05) is 30.3 Å². The molecule has 0 unspecified atom stereocenters. The van der Waals surface area contributed by atoms with Crippen LogP contribution in [0, 0.1) is 0 Å². The summed E-state index contributed by atoms with van der Waals surface area (Å²) >= 11 is 0. The number of piperidine rings is 1. The van der Waals surface area contributed by atoms with Gasteiger partial charge in [0.05, 0.1) is 17.3 Å². The first kappa shape index (κ1) is 19.2. The molecule has 7 heteroatoms. The highest BCUT2D eigenvalue weighted by molar-refractivity contribution is 7.92. The summed E-state index contributed by atoms with van der Waals surface area (Å²) in [6.45, 7) is 0.714. The number of likely N-dealkylation sites (tertiary alicyclic amines) is 1. The van der Waals surface area contributed by atoms with Crippen molar-refractivity contribution in [3.05, 3.63) is 54.6 Å². The molecule has 3 rings (SSSR count). The van der Waals surface area contributed by atoms with Crippen molar-refractivity contribution in [2.24, 2.45) is 0 Å². The molecule has 0 saturated carbocycles. The largest absolute Gasteiger partial charge is 0.493 e. The smallest absolute Gasteiger partial charge is 0.260 e. The second-order valence-corrected chi connectivity index (χ2v) is 8.61. The van der Waals surface area contributed by atoms with Gasteiger partial charge in [0, 0.05) is 13.1 Å². The number of carbonyl (C=O) groups excluding carboxylic acids is 1. The fourth-order valence-electron chi connectivity index (χ4n) is 3.19. The van der Waals surface area contributed by atoms with E-state index in [1.807, 2.05) is 12.1 Å². The standard InChI is InChI=1S/C20H23NO5S/c1-25-18-9-5-6-10-19(18)26-15-20(22)21-13-11-17(12-14-21)27(23,24)16-7-3-2-4-8-16/h2-10,17H,11-15H2,1H3. The molecule has 1 fully saturated rings. The predicted octanol–water partition coefficient (Wildman–Crippen LogP) is 2.54. The van der Waals surface area contributed by atoms with Crippen LogP contribution in [0.15, 0.2) is 59.5 Å². The molecule has 6 nitrogen and oxygen atoms in total. The Kier molecular flexibility index (Phi) is 6.01. The molecule has 27 heavy (non-hydrogen) atoms. The second-order valence-electron chi connectivity index (χ2n) is 6.38. The second kappa shape index (κ2) is 8.43. The molecule has 0 atom stereocenters. The van der Waals surface area contributed by atoms with E-state index in [1.54, 1.807) is 54.5 Å². The zero-order valence-corrected chi connectivity index (χ0v) is 16.0. The summed E-state index contributed by atoms with van der Waals surface area (Å²) in [5.41, 5.74) is 0. The maximum absolute atomic E-state index is 12.7. The summed E-state index contributed by atoms with van der Waals surface area (Å²) in [5.74, 6) is 0.921. The molecule has 0 N–H and O–H groups in total. The monoisotopic (exact) mass is 389 g/mol. The van der Waals surface area contributed by atoms with Gasteiger partial charge in [-0.05, 0) is 37.1 Å². The van der Waals surface area contributed by atoms with Crippen molar-refractivity contribution in [1.29, 1.82) is 0 Å². The molecule has 0 radical (unpaired) electrons. The highest BCUT2D eigenvalue weighted by Crippen LogP contribution is 2.27. The molecular formula is C20H23NO5S. The average Bonchev–Trinajstić information content (AvgIpc) is 2.73. The van der Waals surface area contributed by atoms with Gasteiger partial charge in [0.15, 0.2) is 27.9 Å². The zero-order valence-electron chi connectivity index (χ0n) is 15.2. The predicted molar refractivity (Wildman–Crippen MR) is 102 cm³/mol. The molecule has 0 spiro atoms. The lowest BCUT2D eigenvalue weighted by molar-refractivity contribution is -0.134. The highest BCUT2D eigenvalue weighted by atomic mass is 32.2. The number of nitrogens with zero attached hydrogens (tertiary/aromatic N) is 1. The van der Waals surface area contributed by atoms with Crippen LogP contribution in [0.3, 0.4) is 0 Å². The minimum Gasteiger partial charge on any atom is -0.493 e. The molecule has 0 bridgehead atoms. The van der Waals surface area contributed by atoms with Crippen molar-refractivity contribution in [1.82, 2.24) is 4.90 Å². The van der Waals surface area contributed by atoms with E-state index in [1.165, 1.54) is 0 Å². The Morgan fingerprint density at radius 1 is 1.00 bits per heavy atom. The first-order valence-electron chi connectivity index (χ1n) is 8.85. The van der Waals surface area contributed by atoms with Crippen LogP contribution in [0.5, 0.6) is 11.5 Å². The number of hydrogen-bond donors (Lipinski definition) is 0. The Hall–Kier alpha value is -2.54. The van der Waals surface area contributed by atoms with Gasteiger partial charge in [-0.3, -0.25) is 4.79 Å². The number of amides is 1. The van der Waals surface area contributed by atoms with Crippen molar-refractivity contribution in [2.75, 3.05) is 26.8 Å². The van der Waals surface area contributed by atoms with Gasteiger partial charge < -0.3 is 14.4 Å². The first-order valence-corrected chi connectivity index (χ1v) is 10.4. The topological polar surface area (TPSA) is 72.9 Å². The number of ether oxygens (including phenoxy) is 2. The SMILES string of the molecule is COc1ccccc1OCC(=O)N1CCC(S(=O)(=O)c2ccccc2)CC1. The maximum Gasteiger partial charge on any atom is 0.260 e. The number of methoxy groups -OCH3 is 1. The lowest BCUT2D eigenvalue weighted by atomic mass is 10.1. The third-order valence-corrected chi connectivity index (χ3v) is 7.00. The third kappa shape index (κ3) is 4.42. The summed E-state index contributed by atoms with van der Waals surface area (Å²) in [7, 11) is -1.82. The molecular weight excluding hydrogens is 366 g/mol. The molecule has 1 saturated heterocycles. The Morgan fingerprint density at radius 2 is 1.59 bits per heavy atom. The van der Waals surface area contributed by atoms with Gasteiger partial charge in [0.25, 0.3) is 5.91 Å². The molecule has 2 aromatic carbocycles. The number of carbonyl (C=O) groups is 1. The van der Waals surface area contributed by atoms with E-state index in [2.05, 4.69) is 0 Å². The summed E-state index contributed by atoms with van der Waals surface area (Å²) in [5, 5.41) is -0.459. The number of para-hydroxylation sites is 2. The molecule has 0 aliphatic carbocycles. The van der Waals surface area contributed by atoms with Crippen molar-refractivity contribution in [2.45, 2.75) is 23.0 Å². The van der Waals surface area contributed by atoms with Crippen molar-refractivity contribution in [3.8, 4) is 11.5 Å². The molecule has 1 amide bonds. The van der Waals surface area contributed by atoms with E-state index < -0.39 is 15.1 Å². The number of rotatable bonds is 6. The van der Waals surface area contributed by atoms with Crippen LogP contribution >= 0.6 is 0 Å². The van der Waals surface area contributed by atoms with Crippen LogP contribution in [0.1, 0.15) is 12.8 Å². The minimum absolute atomic E-state index is 0.101. The van der Waals surface area contributed by atoms with Gasteiger partial charge in [0.2, 0.25) is 0 Å². The van der Waals surface area contributed by atoms with E-state index >= 15 is 0 Å². The van der Waals surface area contributed by atoms with Crippen LogP contribution in [-0.2, 0) is 14.6 Å². The van der Waals surface area contributed by atoms with E-state index in [-0.39, 0.29) is 12.5 Å². The van der Waals surface area contributed by atoms with Gasteiger partial charge in [-0.15, -0.1) is 0 Å². The molecule has 144 valence electrons. The van der Waals surface area contributed by atoms with E-state index in [4.69, 9.17) is 9.47 Å². The lowest BCUT2D eigenvalue weighted by Crippen LogP contribution is -2.44. The third-order valence-electron chi connectivity index (χ3n) is 4.73. The summed E-state index contributed by atoms with van der Waals surface area (Å²) in [6, 6.07) is 15.6. The van der Waals surface area contributed by atoms with Crippen LogP contribution in [0.25, 0.3) is 0 Å². The molecule has 2 aromatic rings. The van der Waals surface area contributed by atoms with Crippen LogP contribution < -0.4 is 9.47 Å². The van der Waals surface area contributed by atoms with E-state index in [0.29, 0.717) is 42.3 Å². The van der Waals surface area contributed by atoms with Gasteiger partial charge in [-0.2, -0.15) is 0 Å². The van der Waals surface area contributed by atoms with Gasteiger partial charge in [0.1, 0.15) is 0 Å². The Balaban J connectivity index is 1.55. The average molecular weight is 389 g/mol. The molecule has 1 aliphatic heterocycles. The summed E-state index contributed by atoms with van der Waals surface area (Å²) in [4.78, 5) is 14.4. The molecule has 0 aromatic heterocycles. The molecule has 1 heterocycles. The van der Waals surface area contributed by atoms with Crippen LogP contribution in [0.4, 0.5) is 0 Å². The van der Waals surface area contributed by atoms with Crippen molar-refractivity contribution < 1.29 is 22.7 Å². The normalized spacial score (nSPS) is 15.4. The Bertz CT molecular complexity index is 874. The first-order chi connectivity index (χ1) is 13.0. The highest BCUT2D eigenvalue weighted by Gasteiger charge is 2.32. The fraction of sp³-hybridized carbons (Fsp3) is 0.350. The zero-order chi connectivity index (χ0) is 19.3. The van der Waals surface area contributed by atoms with Gasteiger partial charge in [-0.25, -0.2) is 8.42 Å².